The zero-order valence-electron chi connectivity index (χ0n) is 19.0. The topological polar surface area (TPSA) is 90.6 Å². The predicted octanol–water partition coefficient (Wildman–Crippen LogP) is 2.31. The van der Waals surface area contributed by atoms with E-state index in [4.69, 9.17) is 0 Å². The smallest absolute Gasteiger partial charge is 0.382 e. The highest BCUT2D eigenvalue weighted by molar-refractivity contribution is 7.05. The first kappa shape index (κ1) is 22.0. The fraction of sp³-hybridized carbons (Fsp3) is 0.727. The van der Waals surface area contributed by atoms with Crippen molar-refractivity contribution < 1.29 is 23.1 Å². The van der Waals surface area contributed by atoms with Crippen LogP contribution in [0.15, 0.2) is 12.4 Å². The summed E-state index contributed by atoms with van der Waals surface area (Å²) in [5, 5.41) is 14.6. The molecule has 188 valence electrons. The Balaban J connectivity index is 0.845. The standard InChI is InChI=1S/C22H26F3N7O2S/c23-22(24,25)16-3-15(35-28-16)6-29-7-20(8-29)11-31(12-20)18(33)30-9-19(10-30)4-14(5-19)32-13-26-17(27-32)21(34)1-2-21/h3,13-14,34H,1-2,4-12H2. The van der Waals surface area contributed by atoms with Gasteiger partial charge >= 0.3 is 12.2 Å². The molecule has 13 heteroatoms. The molecule has 7 rings (SSSR count). The van der Waals surface area contributed by atoms with Crippen LogP contribution in [-0.2, 0) is 18.3 Å². The molecule has 9 nitrogen and oxygen atoms in total. The SMILES string of the molecule is O=C(N1CC2(CC(n3cnc(C4(O)CC4)n3)C2)C1)N1CC2(CN(Cc3cc(C(F)(F)F)ns3)C2)C1. The predicted molar refractivity (Wildman–Crippen MR) is 117 cm³/mol. The maximum atomic E-state index is 12.9. The van der Waals surface area contributed by atoms with Gasteiger partial charge in [0, 0.05) is 61.5 Å². The summed E-state index contributed by atoms with van der Waals surface area (Å²) in [6, 6.07) is 1.52. The molecule has 0 atom stereocenters. The number of carbonyl (C=O) groups is 1. The van der Waals surface area contributed by atoms with Crippen molar-refractivity contribution in [2.45, 2.75) is 50.0 Å². The van der Waals surface area contributed by atoms with Gasteiger partial charge in [0.15, 0.2) is 11.5 Å². The molecule has 3 aliphatic heterocycles. The van der Waals surface area contributed by atoms with Crippen LogP contribution in [-0.4, -0.2) is 84.2 Å². The van der Waals surface area contributed by atoms with Crippen molar-refractivity contribution in [3.8, 4) is 0 Å². The maximum Gasteiger partial charge on any atom is 0.434 e. The number of likely N-dealkylation sites (tertiary alicyclic amines) is 3. The number of nitrogens with zero attached hydrogens (tertiary/aromatic N) is 7. The lowest BCUT2D eigenvalue weighted by molar-refractivity contribution is -0.140. The number of aliphatic hydroxyl groups is 1. The molecule has 2 aromatic heterocycles. The zero-order chi connectivity index (χ0) is 24.2. The van der Waals surface area contributed by atoms with Crippen molar-refractivity contribution in [2.24, 2.45) is 10.8 Å². The lowest BCUT2D eigenvalue weighted by Crippen LogP contribution is -2.75. The molecule has 2 aliphatic carbocycles. The van der Waals surface area contributed by atoms with Crippen LogP contribution in [0.3, 0.4) is 0 Å². The third kappa shape index (κ3) is 3.57. The number of urea groups is 1. The number of hydrogen-bond acceptors (Lipinski definition) is 7. The van der Waals surface area contributed by atoms with E-state index in [0.29, 0.717) is 17.2 Å². The number of halogens is 3. The second kappa shape index (κ2) is 6.94. The molecule has 0 unspecified atom stereocenters. The first-order valence-electron chi connectivity index (χ1n) is 12.0. The lowest BCUT2D eigenvalue weighted by Gasteiger charge is -2.63. The van der Waals surface area contributed by atoms with E-state index in [9.17, 15) is 23.1 Å². The summed E-state index contributed by atoms with van der Waals surface area (Å²) in [6.45, 7) is 5.07. The van der Waals surface area contributed by atoms with Gasteiger partial charge in [-0.3, -0.25) is 4.90 Å². The van der Waals surface area contributed by atoms with Crippen molar-refractivity contribution in [1.82, 2.24) is 33.8 Å². The van der Waals surface area contributed by atoms with Gasteiger partial charge in [0.05, 0.1) is 6.04 Å². The summed E-state index contributed by atoms with van der Waals surface area (Å²) in [5.41, 5.74) is -1.35. The highest BCUT2D eigenvalue weighted by Crippen LogP contribution is 2.55. The molecule has 2 spiro atoms. The summed E-state index contributed by atoms with van der Waals surface area (Å²) < 4.78 is 43.6. The molecule has 0 aromatic carbocycles. The number of amides is 2. The summed E-state index contributed by atoms with van der Waals surface area (Å²) in [4.78, 5) is 23.7. The number of carbonyl (C=O) groups excluding carboxylic acids is 1. The average molecular weight is 510 g/mol. The van der Waals surface area contributed by atoms with Gasteiger partial charge in [-0.2, -0.15) is 22.6 Å². The average Bonchev–Trinajstić information content (AvgIpc) is 3.10. The van der Waals surface area contributed by atoms with Gasteiger partial charge in [-0.05, 0) is 43.3 Å². The van der Waals surface area contributed by atoms with Crippen molar-refractivity contribution in [1.29, 1.82) is 0 Å². The van der Waals surface area contributed by atoms with Gasteiger partial charge in [-0.15, -0.1) is 0 Å². The number of rotatable bonds is 4. The molecule has 5 aliphatic rings. The minimum Gasteiger partial charge on any atom is -0.382 e. The van der Waals surface area contributed by atoms with Crippen LogP contribution >= 0.6 is 11.5 Å². The normalized spacial score (nSPS) is 26.3. The van der Waals surface area contributed by atoms with Crippen LogP contribution in [0.1, 0.15) is 48.1 Å². The summed E-state index contributed by atoms with van der Waals surface area (Å²) in [5.74, 6) is 0.531. The monoisotopic (exact) mass is 509 g/mol. The molecule has 1 N–H and O–H groups in total. The molecule has 0 bridgehead atoms. The largest absolute Gasteiger partial charge is 0.434 e. The van der Waals surface area contributed by atoms with E-state index >= 15 is 0 Å². The molecule has 5 heterocycles. The molecular weight excluding hydrogens is 483 g/mol. The first-order chi connectivity index (χ1) is 16.5. The van der Waals surface area contributed by atoms with E-state index in [1.807, 2.05) is 14.5 Å². The molecule has 0 radical (unpaired) electrons. The Kier molecular flexibility index (Phi) is 4.36. The molecule has 5 fully saturated rings. The van der Waals surface area contributed by atoms with E-state index in [-0.39, 0.29) is 22.9 Å². The Morgan fingerprint density at radius 3 is 2.34 bits per heavy atom. The molecule has 2 amide bonds. The number of alkyl halides is 3. The molecule has 3 saturated heterocycles. The fourth-order valence-corrected chi connectivity index (χ4v) is 7.12. The Morgan fingerprint density at radius 2 is 1.74 bits per heavy atom. The van der Waals surface area contributed by atoms with Crippen LogP contribution in [0.4, 0.5) is 18.0 Å². The summed E-state index contributed by atoms with van der Waals surface area (Å²) in [6.07, 6.45) is 0.737. The number of aromatic nitrogens is 4. The second-order valence-corrected chi connectivity index (χ2v) is 12.3. The van der Waals surface area contributed by atoms with E-state index in [1.165, 1.54) is 0 Å². The quantitative estimate of drug-likeness (QED) is 0.681. The zero-order valence-corrected chi connectivity index (χ0v) is 19.9. The van der Waals surface area contributed by atoms with E-state index in [1.54, 1.807) is 6.33 Å². The van der Waals surface area contributed by atoms with Crippen molar-refractivity contribution in [3.05, 3.63) is 28.8 Å². The third-order valence-electron chi connectivity index (χ3n) is 8.35. The van der Waals surface area contributed by atoms with E-state index in [2.05, 4.69) is 19.4 Å². The number of hydrogen-bond donors (Lipinski definition) is 1. The molecular formula is C22H26F3N7O2S. The van der Waals surface area contributed by atoms with Crippen LogP contribution in [0, 0.1) is 10.8 Å². The summed E-state index contributed by atoms with van der Waals surface area (Å²) >= 11 is 0.908. The Morgan fingerprint density at radius 1 is 1.09 bits per heavy atom. The lowest BCUT2D eigenvalue weighted by atomic mass is 9.60. The molecule has 35 heavy (non-hydrogen) atoms. The van der Waals surface area contributed by atoms with Gasteiger partial charge in [-0.25, -0.2) is 14.5 Å². The Labute approximate surface area is 203 Å². The van der Waals surface area contributed by atoms with Crippen molar-refractivity contribution in [3.63, 3.8) is 0 Å². The fourth-order valence-electron chi connectivity index (χ4n) is 6.34. The van der Waals surface area contributed by atoms with Gasteiger partial charge in [0.1, 0.15) is 11.9 Å². The van der Waals surface area contributed by atoms with Crippen molar-refractivity contribution >= 4 is 17.6 Å². The second-order valence-electron chi connectivity index (χ2n) is 11.5. The molecule has 2 aromatic rings. The van der Waals surface area contributed by atoms with Crippen molar-refractivity contribution in [2.75, 3.05) is 39.3 Å². The van der Waals surface area contributed by atoms with E-state index in [0.717, 1.165) is 82.6 Å². The molecule has 2 saturated carbocycles. The van der Waals surface area contributed by atoms with E-state index < -0.39 is 17.5 Å². The van der Waals surface area contributed by atoms with Gasteiger partial charge < -0.3 is 14.9 Å². The first-order valence-corrected chi connectivity index (χ1v) is 12.7. The van der Waals surface area contributed by atoms with Crippen LogP contribution in [0.2, 0.25) is 0 Å². The maximum absolute atomic E-state index is 12.9. The van der Waals surface area contributed by atoms with Crippen LogP contribution in [0.25, 0.3) is 0 Å². The summed E-state index contributed by atoms with van der Waals surface area (Å²) in [7, 11) is 0. The van der Waals surface area contributed by atoms with Crippen LogP contribution < -0.4 is 0 Å². The van der Waals surface area contributed by atoms with Crippen LogP contribution in [0.5, 0.6) is 0 Å². The van der Waals surface area contributed by atoms with Gasteiger partial charge in [0.25, 0.3) is 0 Å². The highest BCUT2D eigenvalue weighted by atomic mass is 32.1. The van der Waals surface area contributed by atoms with Gasteiger partial charge in [0.2, 0.25) is 0 Å². The minimum absolute atomic E-state index is 0.0910. The minimum atomic E-state index is -4.39. The Bertz CT molecular complexity index is 1160. The Hall–Kier alpha value is -2.25. The highest BCUT2D eigenvalue weighted by Gasteiger charge is 2.58. The third-order valence-corrected chi connectivity index (χ3v) is 9.12. The van der Waals surface area contributed by atoms with Gasteiger partial charge in [-0.1, -0.05) is 0 Å².